The summed E-state index contributed by atoms with van der Waals surface area (Å²) in [7, 11) is -0.924. The molecule has 0 bridgehead atoms. The van der Waals surface area contributed by atoms with Gasteiger partial charge in [0.2, 0.25) is 0 Å². The highest BCUT2D eigenvalue weighted by molar-refractivity contribution is 7.84. The number of ether oxygens (including phenoxy) is 2. The normalized spacial score (nSPS) is 11.2. The molecule has 136 valence electrons. The van der Waals surface area contributed by atoms with Crippen LogP contribution in [0.1, 0.15) is 0 Å². The Morgan fingerprint density at radius 2 is 1.58 bits per heavy atom. The lowest BCUT2D eigenvalue weighted by Crippen LogP contribution is -2.18. The molecule has 2 aromatic carbocycles. The third-order valence-electron chi connectivity index (χ3n) is 3.46. The van der Waals surface area contributed by atoms with Gasteiger partial charge >= 0.3 is 10.3 Å². The van der Waals surface area contributed by atoms with E-state index in [1.807, 2.05) is 0 Å². The summed E-state index contributed by atoms with van der Waals surface area (Å²) in [6.07, 6.45) is 1.73. The Bertz CT molecular complexity index is 993. The minimum atomic E-state index is -4.06. The van der Waals surface area contributed by atoms with Crippen molar-refractivity contribution in [3.8, 4) is 34.2 Å². The van der Waals surface area contributed by atoms with Crippen LogP contribution < -0.4 is 18.8 Å². The summed E-state index contributed by atoms with van der Waals surface area (Å²) in [5.41, 5.74) is 2.04. The van der Waals surface area contributed by atoms with Gasteiger partial charge in [-0.15, -0.1) is 5.10 Å². The van der Waals surface area contributed by atoms with Gasteiger partial charge in [0.1, 0.15) is 22.9 Å². The number of aromatic nitrogens is 3. The van der Waals surface area contributed by atoms with Crippen LogP contribution >= 0.6 is 0 Å². The van der Waals surface area contributed by atoms with Crippen LogP contribution in [0.2, 0.25) is 0 Å². The molecule has 0 amide bonds. The van der Waals surface area contributed by atoms with Crippen LogP contribution in [0.5, 0.6) is 17.2 Å². The Morgan fingerprint density at radius 3 is 2.12 bits per heavy atom. The molecular weight excluding hydrogens is 360 g/mol. The molecule has 0 unspecified atom stereocenters. The summed E-state index contributed by atoms with van der Waals surface area (Å²) in [5, 5.41) is 13.1. The molecule has 2 N–H and O–H groups in total. The molecule has 26 heavy (non-hydrogen) atoms. The maximum absolute atomic E-state index is 10.9. The second-order valence-electron chi connectivity index (χ2n) is 5.22. The molecule has 10 heteroatoms. The topological polar surface area (TPSA) is 119 Å². The van der Waals surface area contributed by atoms with E-state index in [0.717, 1.165) is 5.56 Å². The minimum absolute atomic E-state index is 0.112. The highest BCUT2D eigenvalue weighted by Crippen LogP contribution is 2.26. The van der Waals surface area contributed by atoms with Gasteiger partial charge in [-0.25, -0.2) is 4.68 Å². The van der Waals surface area contributed by atoms with Crippen molar-refractivity contribution < 1.29 is 22.1 Å². The monoisotopic (exact) mass is 376 g/mol. The zero-order valence-electron chi connectivity index (χ0n) is 14.0. The predicted octanol–water partition coefficient (Wildman–Crippen LogP) is 1.53. The first-order valence-electron chi connectivity index (χ1n) is 7.36. The van der Waals surface area contributed by atoms with Crippen LogP contribution in [0, 0.1) is 0 Å². The van der Waals surface area contributed by atoms with Crippen LogP contribution in [0.4, 0.5) is 0 Å². The highest BCUT2D eigenvalue weighted by Gasteiger charge is 2.10. The number of rotatable bonds is 6. The maximum atomic E-state index is 10.9. The fourth-order valence-electron chi connectivity index (χ4n) is 2.26. The van der Waals surface area contributed by atoms with Gasteiger partial charge in [0.15, 0.2) is 0 Å². The van der Waals surface area contributed by atoms with Crippen molar-refractivity contribution >= 4 is 10.3 Å². The van der Waals surface area contributed by atoms with E-state index in [0.29, 0.717) is 22.9 Å². The molecule has 0 aliphatic carbocycles. The summed E-state index contributed by atoms with van der Waals surface area (Å²) in [5.74, 6) is 1.36. The van der Waals surface area contributed by atoms with E-state index < -0.39 is 10.3 Å². The number of nitrogens with two attached hydrogens (primary N) is 1. The second-order valence-corrected chi connectivity index (χ2v) is 6.37. The van der Waals surface area contributed by atoms with E-state index in [-0.39, 0.29) is 5.75 Å². The van der Waals surface area contributed by atoms with Gasteiger partial charge in [0.05, 0.1) is 26.1 Å². The van der Waals surface area contributed by atoms with Gasteiger partial charge in [-0.3, -0.25) is 0 Å². The summed E-state index contributed by atoms with van der Waals surface area (Å²) >= 11 is 0. The molecule has 0 fully saturated rings. The Hall–Kier alpha value is -3.11. The highest BCUT2D eigenvalue weighted by atomic mass is 32.2. The first kappa shape index (κ1) is 17.7. The Morgan fingerprint density at radius 1 is 0.962 bits per heavy atom. The van der Waals surface area contributed by atoms with Gasteiger partial charge < -0.3 is 13.7 Å². The van der Waals surface area contributed by atoms with Crippen molar-refractivity contribution in [1.82, 2.24) is 15.0 Å². The van der Waals surface area contributed by atoms with E-state index in [1.165, 1.54) is 12.1 Å². The largest absolute Gasteiger partial charge is 0.497 e. The predicted molar refractivity (Wildman–Crippen MR) is 93.6 cm³/mol. The number of methoxy groups -OCH3 is 2. The molecular formula is C16H16N4O5S. The molecule has 0 aliphatic rings. The van der Waals surface area contributed by atoms with E-state index in [9.17, 15) is 8.42 Å². The second kappa shape index (κ2) is 7.02. The Balaban J connectivity index is 1.88. The number of nitrogens with zero attached hydrogens (tertiary/aromatic N) is 3. The van der Waals surface area contributed by atoms with E-state index in [1.54, 1.807) is 55.4 Å². The van der Waals surface area contributed by atoms with Crippen LogP contribution in [-0.2, 0) is 10.3 Å². The number of hydrogen-bond donors (Lipinski definition) is 1. The van der Waals surface area contributed by atoms with Crippen LogP contribution in [0.15, 0.2) is 48.7 Å². The molecule has 9 nitrogen and oxygen atoms in total. The van der Waals surface area contributed by atoms with Crippen molar-refractivity contribution in [2.75, 3.05) is 14.2 Å². The van der Waals surface area contributed by atoms with Gasteiger partial charge in [-0.1, -0.05) is 5.21 Å². The first-order chi connectivity index (χ1) is 12.4. The summed E-state index contributed by atoms with van der Waals surface area (Å²) in [6, 6.07) is 11.6. The molecule has 0 saturated carbocycles. The van der Waals surface area contributed by atoms with Crippen molar-refractivity contribution in [2.24, 2.45) is 5.14 Å². The molecule has 0 radical (unpaired) electrons. The summed E-state index contributed by atoms with van der Waals surface area (Å²) < 4.78 is 38.5. The number of benzene rings is 2. The Kier molecular flexibility index (Phi) is 4.78. The molecule has 0 spiro atoms. The lowest BCUT2D eigenvalue weighted by molar-refractivity contribution is 0.394. The molecule has 3 aromatic rings. The van der Waals surface area contributed by atoms with Crippen molar-refractivity contribution in [1.29, 1.82) is 0 Å². The standard InChI is InChI=1S/C16H16N4O5S/c1-23-14-7-12(8-15(9-14)24-2)20-10-16(18-19-20)11-3-5-13(6-4-11)25-26(17,21)22/h3-10H,1-2H3,(H2,17,21,22). The first-order valence-corrected chi connectivity index (χ1v) is 8.83. The lowest BCUT2D eigenvalue weighted by atomic mass is 10.2. The third kappa shape index (κ3) is 4.10. The molecule has 0 atom stereocenters. The SMILES string of the molecule is COc1cc(OC)cc(-n2cc(-c3ccc(OS(N)(=O)=O)cc3)nn2)c1. The summed E-state index contributed by atoms with van der Waals surface area (Å²) in [4.78, 5) is 0. The van der Waals surface area contributed by atoms with E-state index >= 15 is 0 Å². The Labute approximate surface area is 150 Å². The quantitative estimate of drug-likeness (QED) is 0.693. The molecule has 0 saturated heterocycles. The zero-order valence-corrected chi connectivity index (χ0v) is 14.8. The minimum Gasteiger partial charge on any atom is -0.497 e. The van der Waals surface area contributed by atoms with E-state index in [2.05, 4.69) is 14.5 Å². The van der Waals surface area contributed by atoms with Gasteiger partial charge in [0.25, 0.3) is 0 Å². The molecule has 0 aliphatic heterocycles. The van der Waals surface area contributed by atoms with Crippen molar-refractivity contribution in [2.45, 2.75) is 0 Å². The van der Waals surface area contributed by atoms with Gasteiger partial charge in [-0.2, -0.15) is 13.6 Å². The fraction of sp³-hybridized carbons (Fsp3) is 0.125. The molecule has 3 rings (SSSR count). The maximum Gasteiger partial charge on any atom is 0.380 e. The number of hydrogen-bond acceptors (Lipinski definition) is 7. The molecule has 1 aromatic heterocycles. The van der Waals surface area contributed by atoms with E-state index in [4.69, 9.17) is 14.6 Å². The van der Waals surface area contributed by atoms with Gasteiger partial charge in [-0.05, 0) is 24.3 Å². The third-order valence-corrected chi connectivity index (χ3v) is 3.88. The van der Waals surface area contributed by atoms with Crippen LogP contribution in [0.25, 0.3) is 16.9 Å². The average Bonchev–Trinajstić information content (AvgIpc) is 3.10. The van der Waals surface area contributed by atoms with Gasteiger partial charge in [0, 0.05) is 23.8 Å². The zero-order chi connectivity index (χ0) is 18.7. The van der Waals surface area contributed by atoms with Crippen molar-refractivity contribution in [3.05, 3.63) is 48.7 Å². The molecule has 1 heterocycles. The summed E-state index contributed by atoms with van der Waals surface area (Å²) in [6.45, 7) is 0. The smallest absolute Gasteiger partial charge is 0.380 e. The lowest BCUT2D eigenvalue weighted by Gasteiger charge is -2.07. The van der Waals surface area contributed by atoms with Crippen LogP contribution in [0.3, 0.4) is 0 Å². The van der Waals surface area contributed by atoms with Crippen molar-refractivity contribution in [3.63, 3.8) is 0 Å². The van der Waals surface area contributed by atoms with Crippen LogP contribution in [-0.4, -0.2) is 37.6 Å². The fourth-order valence-corrected chi connectivity index (χ4v) is 2.64. The average molecular weight is 376 g/mol.